The molecule has 0 saturated heterocycles. The molecule has 0 bridgehead atoms. The third kappa shape index (κ3) is 20.9. The first-order valence-corrected chi connectivity index (χ1v) is 33.2. The van der Waals surface area contributed by atoms with Crippen LogP contribution in [0.4, 0.5) is 0 Å². The van der Waals surface area contributed by atoms with Gasteiger partial charge in [0, 0.05) is 0 Å². The molecule has 0 unspecified atom stereocenters. The van der Waals surface area contributed by atoms with Crippen LogP contribution in [0.2, 0.25) is 0 Å². The summed E-state index contributed by atoms with van der Waals surface area (Å²) in [4.78, 5) is 0. The molecule has 0 spiro atoms. The minimum atomic E-state index is 0. The number of benzene rings is 8. The number of allylic oxidation sites excluding steroid dienone is 8. The van der Waals surface area contributed by atoms with Crippen molar-refractivity contribution in [2.24, 2.45) is 0 Å². The Labute approximate surface area is 575 Å². The van der Waals surface area contributed by atoms with E-state index in [-0.39, 0.29) is 46.5 Å². The largest absolute Gasteiger partial charge is 1.00 e. The Morgan fingerprint density at radius 2 is 0.602 bits per heavy atom. The topological polar surface area (TPSA) is 0 Å². The van der Waals surface area contributed by atoms with Gasteiger partial charge >= 0.3 is 224 Å². The van der Waals surface area contributed by atoms with Crippen molar-refractivity contribution in [1.82, 2.24) is 0 Å². The molecular formula is C84H92Cl2Zr2-2. The zero-order valence-corrected chi connectivity index (χ0v) is 62.3. The van der Waals surface area contributed by atoms with Crippen molar-refractivity contribution >= 4 is 6.41 Å². The van der Waals surface area contributed by atoms with Gasteiger partial charge in [-0.15, -0.1) is 24.0 Å². The average molecular weight is 1360 g/mol. The van der Waals surface area contributed by atoms with E-state index in [0.717, 1.165) is 25.7 Å². The van der Waals surface area contributed by atoms with Crippen LogP contribution in [0.15, 0.2) is 193 Å². The molecule has 0 nitrogen and oxygen atoms in total. The molecule has 0 fully saturated rings. The Morgan fingerprint density at radius 3 is 0.818 bits per heavy atom. The second-order valence-electron chi connectivity index (χ2n) is 27.8. The molecule has 8 aromatic carbocycles. The van der Waals surface area contributed by atoms with E-state index in [0.29, 0.717) is 0 Å². The molecule has 0 radical (unpaired) electrons. The second-order valence-corrected chi connectivity index (χ2v) is 30.3. The smallest absolute Gasteiger partial charge is 1.00 e. The maximum absolute atomic E-state index is 3.53. The van der Waals surface area contributed by atoms with Gasteiger partial charge in [0.25, 0.3) is 0 Å². The van der Waals surface area contributed by atoms with Gasteiger partial charge in [0.15, 0.2) is 0 Å². The fraction of sp³-hybridized carbons (Fsp3) is 0.310. The molecule has 0 heterocycles. The van der Waals surface area contributed by atoms with Crippen LogP contribution < -0.4 is 24.8 Å². The van der Waals surface area contributed by atoms with Gasteiger partial charge in [-0.25, -0.2) is 23.3 Å². The van der Waals surface area contributed by atoms with E-state index >= 15 is 0 Å². The monoisotopic (exact) mass is 1350 g/mol. The van der Waals surface area contributed by atoms with Gasteiger partial charge in [0.1, 0.15) is 0 Å². The number of hydrogen-bond donors (Lipinski definition) is 0. The molecule has 0 aliphatic heterocycles. The van der Waals surface area contributed by atoms with Crippen molar-refractivity contribution < 1.29 is 73.3 Å². The summed E-state index contributed by atoms with van der Waals surface area (Å²) in [5, 5.41) is 0. The van der Waals surface area contributed by atoms with Crippen LogP contribution in [0.25, 0.3) is 22.3 Å². The van der Waals surface area contributed by atoms with Gasteiger partial charge in [-0.1, -0.05) is 166 Å². The Balaban J connectivity index is 0.000000200. The Hall–Kier alpha value is -5.19. The van der Waals surface area contributed by atoms with Gasteiger partial charge in [-0.3, -0.25) is 12.2 Å². The number of halogens is 2. The summed E-state index contributed by atoms with van der Waals surface area (Å²) in [5.74, 6) is 0. The molecule has 88 heavy (non-hydrogen) atoms. The minimum Gasteiger partial charge on any atom is -1.00 e. The fourth-order valence-corrected chi connectivity index (χ4v) is 11.9. The first-order valence-electron chi connectivity index (χ1n) is 30.8. The van der Waals surface area contributed by atoms with Crippen LogP contribution in [0.3, 0.4) is 0 Å². The van der Waals surface area contributed by atoms with Crippen molar-refractivity contribution in [2.75, 3.05) is 0 Å². The van der Waals surface area contributed by atoms with E-state index in [2.05, 4.69) is 331 Å². The Morgan fingerprint density at radius 1 is 0.341 bits per heavy atom. The molecule has 0 atom stereocenters. The third-order valence-corrected chi connectivity index (χ3v) is 19.0. The Kier molecular flexibility index (Phi) is 26.9. The van der Waals surface area contributed by atoms with E-state index in [1.165, 1.54) is 177 Å². The summed E-state index contributed by atoms with van der Waals surface area (Å²) in [6.45, 7) is 39.9. The van der Waals surface area contributed by atoms with Crippen LogP contribution in [-0.2, 0) is 83.0 Å². The number of rotatable bonds is 4. The van der Waals surface area contributed by atoms with Crippen molar-refractivity contribution in [3.8, 4) is 22.3 Å². The molecule has 12 rings (SSSR count). The van der Waals surface area contributed by atoms with Crippen molar-refractivity contribution in [1.29, 1.82) is 0 Å². The molecular weight excluding hydrogens is 1260 g/mol. The third-order valence-electron chi connectivity index (χ3n) is 16.1. The minimum absolute atomic E-state index is 0. The maximum atomic E-state index is 3.53. The van der Waals surface area contributed by atoms with Gasteiger partial charge < -0.3 is 24.8 Å². The molecule has 452 valence electrons. The molecule has 8 aromatic rings. The van der Waals surface area contributed by atoms with E-state index < -0.39 is 0 Å². The first-order chi connectivity index (χ1) is 40.4. The number of aryl methyl sites for hydroxylation is 4. The van der Waals surface area contributed by atoms with E-state index in [1.54, 1.807) is 0 Å². The van der Waals surface area contributed by atoms with Gasteiger partial charge in [0.05, 0.1) is 0 Å². The fourth-order valence-electron chi connectivity index (χ4n) is 10.2. The van der Waals surface area contributed by atoms with Gasteiger partial charge in [0.2, 0.25) is 0 Å². The number of hydrogen-bond acceptors (Lipinski definition) is 0. The SMILES string of the molecule is CC(C)(C)c1c[c-]c2c(c1)-c1cc(C(C)(C)C)ccc1C2.CC(C)(C)c1c[c-]c2c(c1)-c1cc(C(C)(C)C)ccc1C2.CC1=[C-]CC=C1.CC1=[C-]CC=C1.Cc1ccc([C](=[Zr+2])c2ccc(C)cc2)cc1.Cc1ccc([C](=[Zr+2])c2ccc(C)cc2)cc1.[Cl-].[Cl-]. The number of fused-ring (bicyclic) bond motifs is 6. The summed E-state index contributed by atoms with van der Waals surface area (Å²) in [5.41, 5.74) is 30.7. The zero-order valence-electron chi connectivity index (χ0n) is 55.9. The predicted molar refractivity (Wildman–Crippen MR) is 365 cm³/mol. The second kappa shape index (κ2) is 32.2. The predicted octanol–water partition coefficient (Wildman–Crippen LogP) is 15.5. The summed E-state index contributed by atoms with van der Waals surface area (Å²) in [6.07, 6.45) is 18.7. The van der Waals surface area contributed by atoms with Crippen molar-refractivity contribution in [3.63, 3.8) is 0 Å². The summed E-state index contributed by atoms with van der Waals surface area (Å²) in [6, 6.07) is 65.2. The zero-order chi connectivity index (χ0) is 62.7. The van der Waals surface area contributed by atoms with Crippen LogP contribution in [0.5, 0.6) is 0 Å². The standard InChI is InChI=1S/2C21H25.2C15H14.2C6H7.2ClH.2Zr/c2*1-20(2,3)16-9-7-14-11-15-8-10-17(21(4,5)6)13-19(15)18(14)12-16;2*1-12-3-7-14(8-4-12)11-15-9-5-13(2)6-10-15;2*1-6-4-2-3-5-6;;;;/h2*7,9-10,12-13H,11H2,1-6H3;2*3-10H,1-2H3;2*2,4H,3H2,1H3;2*1H;;/q2*-1;;;2*-1;;;2*+2/p-2. The first kappa shape index (κ1) is 73.5. The Bertz CT molecular complexity index is 3300. The van der Waals surface area contributed by atoms with E-state index in [9.17, 15) is 0 Å². The van der Waals surface area contributed by atoms with Crippen LogP contribution in [0, 0.1) is 52.0 Å². The maximum Gasteiger partial charge on any atom is -1.00 e. The molecule has 0 N–H and O–H groups in total. The van der Waals surface area contributed by atoms with Crippen LogP contribution in [-0.4, -0.2) is 6.41 Å². The molecule has 0 saturated carbocycles. The quantitative estimate of drug-likeness (QED) is 0.154. The molecule has 0 amide bonds. The summed E-state index contributed by atoms with van der Waals surface area (Å²) >= 11 is 2.93. The van der Waals surface area contributed by atoms with Crippen LogP contribution >= 0.6 is 0 Å². The summed E-state index contributed by atoms with van der Waals surface area (Å²) < 4.78 is 2.85. The van der Waals surface area contributed by atoms with E-state index in [1.807, 2.05) is 0 Å². The van der Waals surface area contributed by atoms with Crippen molar-refractivity contribution in [2.45, 2.75) is 172 Å². The van der Waals surface area contributed by atoms with Gasteiger partial charge in [-0.2, -0.15) is 70.8 Å². The molecule has 4 heteroatoms. The van der Waals surface area contributed by atoms with Crippen LogP contribution in [0.1, 0.15) is 199 Å². The summed E-state index contributed by atoms with van der Waals surface area (Å²) in [7, 11) is 0. The van der Waals surface area contributed by atoms with Gasteiger partial charge in [-0.05, 0) is 34.8 Å². The molecule has 4 aliphatic rings. The van der Waals surface area contributed by atoms with Crippen molar-refractivity contribution in [3.05, 3.63) is 306 Å². The normalized spacial score (nSPS) is 12.9. The van der Waals surface area contributed by atoms with E-state index in [4.69, 9.17) is 0 Å². The molecule has 0 aromatic heterocycles. The molecule has 4 aliphatic carbocycles. The average Bonchev–Trinajstić information content (AvgIpc) is 2.75.